The maximum Gasteiger partial charge on any atom is 0.263 e. The van der Waals surface area contributed by atoms with Gasteiger partial charge < -0.3 is 15.4 Å². The molecular weight excluding hydrogens is 360 g/mol. The van der Waals surface area contributed by atoms with Crippen LogP contribution in [-0.2, 0) is 4.74 Å². The van der Waals surface area contributed by atoms with Gasteiger partial charge in [-0.1, -0.05) is 29.0 Å². The summed E-state index contributed by atoms with van der Waals surface area (Å²) in [6, 6.07) is 6.25. The van der Waals surface area contributed by atoms with Gasteiger partial charge in [0.1, 0.15) is 4.88 Å². The Hall–Kier alpha value is -1.96. The van der Waals surface area contributed by atoms with Crippen molar-refractivity contribution in [2.45, 2.75) is 27.2 Å². The van der Waals surface area contributed by atoms with Gasteiger partial charge in [0.25, 0.3) is 5.91 Å². The Morgan fingerprint density at radius 3 is 2.78 bits per heavy atom. The standard InChI is InChI=1S/C20H28N4O2S/c1-14-5-6-17(15(2)13-14)23-20-22-16(3)18(27-20)19(25)21-7-4-8-24-9-11-26-12-10-24/h5-6,13H,4,7-12H2,1-3H3,(H,21,25)(H,22,23). The molecule has 1 aromatic heterocycles. The van der Waals surface area contributed by atoms with Gasteiger partial charge in [-0.3, -0.25) is 9.69 Å². The lowest BCUT2D eigenvalue weighted by molar-refractivity contribution is 0.0374. The Labute approximate surface area is 164 Å². The second kappa shape index (κ2) is 9.30. The monoisotopic (exact) mass is 388 g/mol. The summed E-state index contributed by atoms with van der Waals surface area (Å²) in [7, 11) is 0. The number of morpholine rings is 1. The zero-order chi connectivity index (χ0) is 19.2. The number of thiazole rings is 1. The van der Waals surface area contributed by atoms with Crippen molar-refractivity contribution in [3.63, 3.8) is 0 Å². The molecule has 2 heterocycles. The molecule has 0 spiro atoms. The number of carbonyl (C=O) groups is 1. The van der Waals surface area contributed by atoms with Crippen molar-refractivity contribution in [1.29, 1.82) is 0 Å². The molecule has 27 heavy (non-hydrogen) atoms. The van der Waals surface area contributed by atoms with E-state index in [9.17, 15) is 4.79 Å². The Bertz CT molecular complexity index is 784. The number of aryl methyl sites for hydroxylation is 3. The lowest BCUT2D eigenvalue weighted by atomic mass is 10.1. The first kappa shape index (κ1) is 19.8. The van der Waals surface area contributed by atoms with Gasteiger partial charge in [0.15, 0.2) is 5.13 Å². The second-order valence-corrected chi connectivity index (χ2v) is 7.94. The number of rotatable bonds is 7. The summed E-state index contributed by atoms with van der Waals surface area (Å²) in [5.74, 6) is -0.0411. The van der Waals surface area contributed by atoms with Crippen LogP contribution >= 0.6 is 11.3 Å². The molecule has 1 aliphatic heterocycles. The van der Waals surface area contributed by atoms with E-state index in [0.29, 0.717) is 11.4 Å². The van der Waals surface area contributed by atoms with Crippen LogP contribution in [0, 0.1) is 20.8 Å². The number of hydrogen-bond acceptors (Lipinski definition) is 6. The third-order valence-electron chi connectivity index (χ3n) is 4.67. The van der Waals surface area contributed by atoms with E-state index in [1.54, 1.807) is 0 Å². The quantitative estimate of drug-likeness (QED) is 0.713. The van der Waals surface area contributed by atoms with E-state index < -0.39 is 0 Å². The molecule has 0 radical (unpaired) electrons. The highest BCUT2D eigenvalue weighted by Crippen LogP contribution is 2.27. The van der Waals surface area contributed by atoms with Crippen LogP contribution in [0.2, 0.25) is 0 Å². The molecule has 0 bridgehead atoms. The van der Waals surface area contributed by atoms with Gasteiger partial charge in [-0.2, -0.15) is 0 Å². The predicted molar refractivity (Wildman–Crippen MR) is 110 cm³/mol. The van der Waals surface area contributed by atoms with Gasteiger partial charge in [-0.15, -0.1) is 0 Å². The van der Waals surface area contributed by atoms with E-state index in [-0.39, 0.29) is 5.91 Å². The van der Waals surface area contributed by atoms with Crippen molar-refractivity contribution >= 4 is 28.1 Å². The molecule has 0 atom stereocenters. The predicted octanol–water partition coefficient (Wildman–Crippen LogP) is 3.26. The molecule has 2 aromatic rings. The topological polar surface area (TPSA) is 66.5 Å². The van der Waals surface area contributed by atoms with Gasteiger partial charge >= 0.3 is 0 Å². The van der Waals surface area contributed by atoms with Gasteiger partial charge in [-0.25, -0.2) is 4.98 Å². The van der Waals surface area contributed by atoms with Crippen molar-refractivity contribution in [3.05, 3.63) is 39.9 Å². The van der Waals surface area contributed by atoms with E-state index in [4.69, 9.17) is 4.74 Å². The van der Waals surface area contributed by atoms with Crippen molar-refractivity contribution < 1.29 is 9.53 Å². The first-order valence-corrected chi connectivity index (χ1v) is 10.2. The summed E-state index contributed by atoms with van der Waals surface area (Å²) in [4.78, 5) is 20.1. The summed E-state index contributed by atoms with van der Waals surface area (Å²) < 4.78 is 5.35. The average Bonchev–Trinajstić information content (AvgIpc) is 3.02. The molecule has 1 amide bonds. The third kappa shape index (κ3) is 5.51. The summed E-state index contributed by atoms with van der Waals surface area (Å²) in [5, 5.41) is 7.10. The van der Waals surface area contributed by atoms with Crippen molar-refractivity contribution in [3.8, 4) is 0 Å². The van der Waals surface area contributed by atoms with Crippen LogP contribution in [0.4, 0.5) is 10.8 Å². The van der Waals surface area contributed by atoms with E-state index in [1.807, 2.05) is 13.0 Å². The first-order valence-electron chi connectivity index (χ1n) is 9.43. The fourth-order valence-electron chi connectivity index (χ4n) is 3.14. The molecule has 2 N–H and O–H groups in total. The number of benzene rings is 1. The number of anilines is 2. The minimum absolute atomic E-state index is 0.0411. The highest BCUT2D eigenvalue weighted by Gasteiger charge is 2.16. The average molecular weight is 389 g/mol. The van der Waals surface area contributed by atoms with Crippen LogP contribution in [-0.4, -0.2) is 55.2 Å². The van der Waals surface area contributed by atoms with Crippen molar-refractivity contribution in [2.24, 2.45) is 0 Å². The summed E-state index contributed by atoms with van der Waals surface area (Å²) in [6.45, 7) is 11.3. The lowest BCUT2D eigenvalue weighted by Crippen LogP contribution is -2.38. The van der Waals surface area contributed by atoms with Crippen LogP contribution in [0.3, 0.4) is 0 Å². The zero-order valence-electron chi connectivity index (χ0n) is 16.3. The van der Waals surface area contributed by atoms with Gasteiger partial charge in [0.2, 0.25) is 0 Å². The number of nitrogens with one attached hydrogen (secondary N) is 2. The Morgan fingerprint density at radius 2 is 2.04 bits per heavy atom. The normalized spacial score (nSPS) is 14.9. The Balaban J connectivity index is 1.51. The molecule has 0 saturated carbocycles. The molecule has 3 rings (SSSR count). The molecule has 0 aliphatic carbocycles. The number of ether oxygens (including phenoxy) is 1. The molecule has 1 saturated heterocycles. The van der Waals surface area contributed by atoms with Crippen molar-refractivity contribution in [1.82, 2.24) is 15.2 Å². The Morgan fingerprint density at radius 1 is 1.26 bits per heavy atom. The highest BCUT2D eigenvalue weighted by molar-refractivity contribution is 7.17. The molecule has 146 valence electrons. The first-order chi connectivity index (χ1) is 13.0. The van der Waals surface area contributed by atoms with E-state index in [0.717, 1.165) is 61.3 Å². The zero-order valence-corrected chi connectivity index (χ0v) is 17.1. The molecule has 1 aliphatic rings. The fraction of sp³-hybridized carbons (Fsp3) is 0.500. The number of hydrogen-bond donors (Lipinski definition) is 2. The third-order valence-corrected chi connectivity index (χ3v) is 5.74. The van der Waals surface area contributed by atoms with Gasteiger partial charge in [0, 0.05) is 25.3 Å². The van der Waals surface area contributed by atoms with Crippen LogP contribution in [0.5, 0.6) is 0 Å². The molecule has 1 fully saturated rings. The number of nitrogens with zero attached hydrogens (tertiary/aromatic N) is 2. The molecule has 7 heteroatoms. The summed E-state index contributed by atoms with van der Waals surface area (Å²) in [6.07, 6.45) is 0.942. The van der Waals surface area contributed by atoms with E-state index >= 15 is 0 Å². The van der Waals surface area contributed by atoms with E-state index in [2.05, 4.69) is 46.5 Å². The number of aromatic nitrogens is 1. The molecular formula is C20H28N4O2S. The second-order valence-electron chi connectivity index (χ2n) is 6.94. The summed E-state index contributed by atoms with van der Waals surface area (Å²) in [5.41, 5.74) is 4.17. The highest BCUT2D eigenvalue weighted by atomic mass is 32.1. The van der Waals surface area contributed by atoms with Crippen molar-refractivity contribution in [2.75, 3.05) is 44.7 Å². The SMILES string of the molecule is Cc1ccc(Nc2nc(C)c(C(=O)NCCCN3CCOCC3)s2)c(C)c1. The van der Waals surface area contributed by atoms with Crippen LogP contribution in [0.25, 0.3) is 0 Å². The van der Waals surface area contributed by atoms with Crippen LogP contribution < -0.4 is 10.6 Å². The van der Waals surface area contributed by atoms with Crippen LogP contribution in [0.1, 0.15) is 32.9 Å². The minimum atomic E-state index is -0.0411. The van der Waals surface area contributed by atoms with Gasteiger partial charge in [0.05, 0.1) is 18.9 Å². The summed E-state index contributed by atoms with van der Waals surface area (Å²) >= 11 is 1.40. The molecule has 1 aromatic carbocycles. The maximum absolute atomic E-state index is 12.5. The van der Waals surface area contributed by atoms with Crippen LogP contribution in [0.15, 0.2) is 18.2 Å². The van der Waals surface area contributed by atoms with Gasteiger partial charge in [-0.05, 0) is 45.4 Å². The maximum atomic E-state index is 12.5. The fourth-order valence-corrected chi connectivity index (χ4v) is 4.03. The molecule has 6 nitrogen and oxygen atoms in total. The molecule has 0 unspecified atom stereocenters. The van der Waals surface area contributed by atoms with E-state index in [1.165, 1.54) is 16.9 Å². The minimum Gasteiger partial charge on any atom is -0.379 e. The largest absolute Gasteiger partial charge is 0.379 e. The Kier molecular flexibility index (Phi) is 6.82. The number of carbonyl (C=O) groups excluding carboxylic acids is 1. The number of amides is 1. The smallest absolute Gasteiger partial charge is 0.263 e. The lowest BCUT2D eigenvalue weighted by Gasteiger charge is -2.26.